The van der Waals surface area contributed by atoms with Gasteiger partial charge >= 0.3 is 6.09 Å². The molecule has 140 valence electrons. The molecule has 6 nitrogen and oxygen atoms in total. The Hall–Kier alpha value is -0.800. The molecule has 0 saturated carbocycles. The van der Waals surface area contributed by atoms with Crippen molar-refractivity contribution in [1.82, 2.24) is 9.21 Å². The van der Waals surface area contributed by atoms with E-state index < -0.39 is 16.4 Å². The molecule has 0 bridgehead atoms. The summed E-state index contributed by atoms with van der Waals surface area (Å²) >= 11 is 3.44. The van der Waals surface area contributed by atoms with Crippen LogP contribution in [0.2, 0.25) is 0 Å². The molecular weight excluding hydrogens is 408 g/mol. The van der Waals surface area contributed by atoms with Crippen molar-refractivity contribution in [3.63, 3.8) is 0 Å². The molecule has 0 unspecified atom stereocenters. The number of carbonyl (C=O) groups is 1. The van der Waals surface area contributed by atoms with Crippen molar-refractivity contribution in [2.75, 3.05) is 13.1 Å². The van der Waals surface area contributed by atoms with Gasteiger partial charge in [-0.25, -0.2) is 4.79 Å². The van der Waals surface area contributed by atoms with Gasteiger partial charge in [-0.2, -0.15) is 4.31 Å². The average molecular weight is 433 g/mol. The summed E-state index contributed by atoms with van der Waals surface area (Å²) in [4.78, 5) is 14.5. The maximum absolute atomic E-state index is 12.2. The predicted molar refractivity (Wildman–Crippen MR) is 102 cm³/mol. The zero-order chi connectivity index (χ0) is 18.4. The highest BCUT2D eigenvalue weighted by Gasteiger charge is 2.41. The van der Waals surface area contributed by atoms with Crippen LogP contribution in [-0.4, -0.2) is 49.1 Å². The lowest BCUT2D eigenvalue weighted by molar-refractivity contribution is 0.0175. The second-order valence-corrected chi connectivity index (χ2v) is 10.4. The van der Waals surface area contributed by atoms with Crippen LogP contribution < -0.4 is 0 Å². The number of likely N-dealkylation sites (tertiary alicyclic amines) is 1. The molecule has 2 heterocycles. The largest absolute Gasteiger partial charge is 0.444 e. The monoisotopic (exact) mass is 432 g/mol. The van der Waals surface area contributed by atoms with Crippen molar-refractivity contribution in [1.29, 1.82) is 0 Å². The Labute approximate surface area is 158 Å². The van der Waals surface area contributed by atoms with Crippen molar-refractivity contribution < 1.29 is 18.6 Å². The van der Waals surface area contributed by atoms with Crippen molar-refractivity contribution in [2.24, 2.45) is 0 Å². The minimum Gasteiger partial charge on any atom is -0.444 e. The van der Waals surface area contributed by atoms with Crippen molar-refractivity contribution in [3.8, 4) is 0 Å². The number of nitrogens with zero attached hydrogens (tertiary/aromatic N) is 2. The lowest BCUT2D eigenvalue weighted by Gasteiger charge is -2.44. The molecule has 8 heteroatoms. The van der Waals surface area contributed by atoms with E-state index in [2.05, 4.69) is 15.9 Å². The normalized spacial score (nSPS) is 22.6. The smallest absolute Gasteiger partial charge is 0.410 e. The third-order valence-electron chi connectivity index (χ3n) is 4.49. The van der Waals surface area contributed by atoms with Crippen molar-refractivity contribution in [2.45, 2.75) is 56.7 Å². The minimum atomic E-state index is -2.95. The number of amides is 1. The standard InChI is InChI=1S/C17H25BrN2O4S/c1-17(2,3)24-16(21)19-8-6-14(7-9-19)20-11-12-10-13(18)4-5-15(12)25(20,22)23/h4-5,10,14,22-23H,6-9,11H2,1-3H3. The molecule has 1 amide bonds. The summed E-state index contributed by atoms with van der Waals surface area (Å²) in [5, 5.41) is 0. The van der Waals surface area contributed by atoms with E-state index in [1.165, 1.54) is 0 Å². The molecular formula is C17H25BrN2O4S. The number of benzene rings is 1. The van der Waals surface area contributed by atoms with Crippen LogP contribution in [0.25, 0.3) is 0 Å². The fraction of sp³-hybridized carbons (Fsp3) is 0.588. The number of ether oxygens (including phenoxy) is 1. The Kier molecular flexibility index (Phi) is 5.11. The first-order valence-corrected chi connectivity index (χ1v) is 10.7. The van der Waals surface area contributed by atoms with Gasteiger partial charge in [-0.05, 0) is 57.4 Å². The molecule has 2 N–H and O–H groups in total. The Morgan fingerprint density at radius 1 is 1.28 bits per heavy atom. The first kappa shape index (κ1) is 19.0. The Balaban J connectivity index is 1.65. The summed E-state index contributed by atoms with van der Waals surface area (Å²) in [6.07, 6.45) is 1.10. The van der Waals surface area contributed by atoms with Crippen LogP contribution in [0.5, 0.6) is 0 Å². The van der Waals surface area contributed by atoms with Crippen LogP contribution in [0.15, 0.2) is 27.6 Å². The highest BCUT2D eigenvalue weighted by molar-refractivity contribution is 9.10. The molecule has 1 saturated heterocycles. The summed E-state index contributed by atoms with van der Waals surface area (Å²) in [5.41, 5.74) is 0.442. The van der Waals surface area contributed by atoms with Gasteiger partial charge in [-0.3, -0.25) is 9.11 Å². The van der Waals surface area contributed by atoms with E-state index in [0.717, 1.165) is 10.0 Å². The number of carbonyl (C=O) groups excluding carboxylic acids is 1. The lowest BCUT2D eigenvalue weighted by atomic mass is 10.0. The van der Waals surface area contributed by atoms with Crippen LogP contribution >= 0.6 is 26.7 Å². The second kappa shape index (κ2) is 6.74. The summed E-state index contributed by atoms with van der Waals surface area (Å²) in [7, 11) is -2.95. The lowest BCUT2D eigenvalue weighted by Crippen LogP contribution is -2.47. The Morgan fingerprint density at radius 2 is 1.92 bits per heavy atom. The van der Waals surface area contributed by atoms with Crippen molar-refractivity contribution >= 4 is 32.8 Å². The van der Waals surface area contributed by atoms with E-state index in [1.54, 1.807) is 15.3 Å². The molecule has 0 radical (unpaired) electrons. The molecule has 1 aromatic carbocycles. The van der Waals surface area contributed by atoms with Crippen LogP contribution in [0.3, 0.4) is 0 Å². The van der Waals surface area contributed by atoms with Crippen LogP contribution in [-0.2, 0) is 11.3 Å². The number of fused-ring (bicyclic) bond motifs is 1. The molecule has 0 aromatic heterocycles. The second-order valence-electron chi connectivity index (χ2n) is 7.54. The third-order valence-corrected chi connectivity index (χ3v) is 7.06. The maximum Gasteiger partial charge on any atom is 0.410 e. The van der Waals surface area contributed by atoms with E-state index in [9.17, 15) is 13.9 Å². The molecule has 2 aliphatic rings. The summed E-state index contributed by atoms with van der Waals surface area (Å²) in [6, 6.07) is 5.60. The molecule has 1 fully saturated rings. The zero-order valence-corrected chi connectivity index (χ0v) is 17.1. The van der Waals surface area contributed by atoms with E-state index in [-0.39, 0.29) is 12.1 Å². The topological polar surface area (TPSA) is 73.2 Å². The summed E-state index contributed by atoms with van der Waals surface area (Å²) < 4.78 is 29.6. The van der Waals surface area contributed by atoms with Crippen LogP contribution in [0.4, 0.5) is 4.79 Å². The van der Waals surface area contributed by atoms with Gasteiger partial charge in [-0.1, -0.05) is 15.9 Å². The third kappa shape index (κ3) is 3.98. The van der Waals surface area contributed by atoms with Gasteiger partial charge in [0.1, 0.15) is 5.60 Å². The fourth-order valence-corrected chi connectivity index (χ4v) is 5.66. The maximum atomic E-state index is 12.2. The van der Waals surface area contributed by atoms with Gasteiger partial charge in [0.05, 0.1) is 4.90 Å². The number of hydrogen-bond acceptors (Lipinski definition) is 5. The highest BCUT2D eigenvalue weighted by Crippen LogP contribution is 2.60. The van der Waals surface area contributed by atoms with Gasteiger partial charge < -0.3 is 9.64 Å². The quantitative estimate of drug-likeness (QED) is 0.673. The van der Waals surface area contributed by atoms with Crippen LogP contribution in [0.1, 0.15) is 39.2 Å². The van der Waals surface area contributed by atoms with Crippen LogP contribution in [0, 0.1) is 0 Å². The predicted octanol–water partition coefficient (Wildman–Crippen LogP) is 4.69. The zero-order valence-electron chi connectivity index (χ0n) is 14.7. The first-order chi connectivity index (χ1) is 11.6. The van der Waals surface area contributed by atoms with Gasteiger partial charge in [-0.15, -0.1) is 10.8 Å². The number of rotatable bonds is 1. The van der Waals surface area contributed by atoms with Gasteiger partial charge in [0.15, 0.2) is 0 Å². The molecule has 1 aromatic rings. The van der Waals surface area contributed by atoms with E-state index in [4.69, 9.17) is 4.74 Å². The molecule has 25 heavy (non-hydrogen) atoms. The van der Waals surface area contributed by atoms with E-state index in [0.29, 0.717) is 37.4 Å². The fourth-order valence-electron chi connectivity index (χ4n) is 3.32. The van der Waals surface area contributed by atoms with Gasteiger partial charge in [0.25, 0.3) is 0 Å². The number of hydrogen-bond donors (Lipinski definition) is 2. The highest BCUT2D eigenvalue weighted by atomic mass is 79.9. The van der Waals surface area contributed by atoms with E-state index in [1.807, 2.05) is 32.9 Å². The first-order valence-electron chi connectivity index (χ1n) is 8.39. The molecule has 0 aliphatic carbocycles. The minimum absolute atomic E-state index is 0.0369. The van der Waals surface area contributed by atoms with Gasteiger partial charge in [0.2, 0.25) is 0 Å². The number of piperidine rings is 1. The van der Waals surface area contributed by atoms with Crippen molar-refractivity contribution in [3.05, 3.63) is 28.2 Å². The molecule has 0 atom stereocenters. The van der Waals surface area contributed by atoms with E-state index >= 15 is 0 Å². The van der Waals surface area contributed by atoms with Gasteiger partial charge in [0, 0.05) is 30.1 Å². The Bertz CT molecular complexity index is 669. The summed E-state index contributed by atoms with van der Waals surface area (Å²) in [6.45, 7) is 7.21. The summed E-state index contributed by atoms with van der Waals surface area (Å²) in [5.74, 6) is 0. The SMILES string of the molecule is CC(C)(C)OC(=O)N1CCC(N2Cc3cc(Br)ccc3S2(O)O)CC1. The molecule has 3 rings (SSSR count). The Morgan fingerprint density at radius 3 is 2.52 bits per heavy atom. The average Bonchev–Trinajstić information content (AvgIpc) is 2.76. The molecule has 2 aliphatic heterocycles. The number of halogens is 1. The molecule has 0 spiro atoms.